The Morgan fingerprint density at radius 3 is 1.08 bits per heavy atom. The smallest absolute Gasteiger partial charge is 0.460 e. The van der Waals surface area contributed by atoms with E-state index in [2.05, 4.69) is 46.3 Å². The fourth-order valence-electron chi connectivity index (χ4n) is 28.2. The molecule has 2 heterocycles. The number of hydrogen-bond donors (Lipinski definition) is 0. The standard InChI is InChI=1S/2C15H24O2.2C14H22O2.2C9H16O2.C8H14O2.C6H12O3.2C6H12O2.C5H10O2/c1-10(16)17-14(2,3)15-7-11-4-12(8-15)6-13(5-11)9-15;1-3-15(17-10(2)16)9-11-8-14(15)13-7-5-4-6-12(11)13;1-9(15)16-14(2)8-10-7-13(14)12-6-4-3-5-11(10)12;1-3-14(16-9(2)15)12-5-10-4-11(7-12)8-13(14)6-10;1-8(10)11-9(2)6-4-3-5-7-9;1-3-9(11-8(2)10)6-4-5-7-9;1-7(9)10-8(2)5-3-4-6-8;1-6(2,3)9-5(7)8-4;1-7-6-4-2-3-5-8-6;1-5(7)8-6(2,3)4;1-6-5-3-2-4-7-5/h11-13H,4-9H2,1-3H3;11-14H,3-9H2,1-2H3;2*10-13H,3-8H2,1-2H3;2*3-7H2,1-2H3;3-6H2,1-2H3;1-4H3;6H,2-5H2,1H3;1-4H3;5H,2-4H2,1H3. The van der Waals surface area contributed by atoms with Gasteiger partial charge in [0.1, 0.15) is 50.4 Å². The van der Waals surface area contributed by atoms with E-state index >= 15 is 0 Å². The third-order valence-electron chi connectivity index (χ3n) is 32.7. The van der Waals surface area contributed by atoms with Gasteiger partial charge in [0.15, 0.2) is 12.6 Å². The minimum absolute atomic E-state index is 0.0747. The Morgan fingerprint density at radius 1 is 0.338 bits per heavy atom. The Bertz CT molecular complexity index is 3440. The Kier molecular flexibility index (Phi) is 43.3. The minimum Gasteiger partial charge on any atom is -0.460 e. The van der Waals surface area contributed by atoms with E-state index in [-0.39, 0.29) is 111 Å². The number of fused-ring (bicyclic) bond motifs is 10. The van der Waals surface area contributed by atoms with Crippen LogP contribution >= 0.6 is 0 Å². The Hall–Kier alpha value is -5.13. The molecule has 0 N–H and O–H groups in total. The van der Waals surface area contributed by atoms with Gasteiger partial charge in [0, 0.05) is 106 Å². The van der Waals surface area contributed by atoms with Gasteiger partial charge in [-0.15, -0.1) is 0 Å². The maximum Gasteiger partial charge on any atom is 0.508 e. The minimum atomic E-state index is -0.637. The zero-order chi connectivity index (χ0) is 96.4. The largest absolute Gasteiger partial charge is 0.508 e. The molecule has 12 bridgehead atoms. The van der Waals surface area contributed by atoms with E-state index in [1.807, 2.05) is 34.6 Å². The van der Waals surface area contributed by atoms with Crippen molar-refractivity contribution < 1.29 is 109 Å². The molecule has 0 amide bonds. The van der Waals surface area contributed by atoms with Crippen LogP contribution in [0.25, 0.3) is 0 Å². The molecule has 12 unspecified atom stereocenters. The second kappa shape index (κ2) is 50.3. The van der Waals surface area contributed by atoms with Crippen LogP contribution in [0.4, 0.5) is 4.79 Å². The highest BCUT2D eigenvalue weighted by atomic mass is 16.7. The van der Waals surface area contributed by atoms with Crippen molar-refractivity contribution in [3.8, 4) is 0 Å². The molecule has 2 saturated heterocycles. The van der Waals surface area contributed by atoms with Crippen molar-refractivity contribution in [2.75, 3.05) is 34.5 Å². The molecule has 0 radical (unpaired) electrons. The average molecular weight is 1840 g/mol. The average Bonchev–Trinajstić information content (AvgIpc) is 1.64. The maximum atomic E-state index is 11.4. The van der Waals surface area contributed by atoms with E-state index in [1.165, 1.54) is 227 Å². The van der Waals surface area contributed by atoms with Gasteiger partial charge in [-0.1, -0.05) is 52.9 Å². The summed E-state index contributed by atoms with van der Waals surface area (Å²) in [5.74, 6) is 11.6. The molecule has 0 aromatic heterocycles. The maximum absolute atomic E-state index is 11.4. The van der Waals surface area contributed by atoms with Crippen LogP contribution in [0.15, 0.2) is 0 Å². The van der Waals surface area contributed by atoms with Gasteiger partial charge in [-0.2, -0.15) is 0 Å². The first-order valence-corrected chi connectivity index (χ1v) is 51.6. The van der Waals surface area contributed by atoms with Gasteiger partial charge in [-0.05, 0) is 397 Å². The Morgan fingerprint density at radius 2 is 0.723 bits per heavy atom. The summed E-state index contributed by atoms with van der Waals surface area (Å²) in [6.45, 7) is 41.7. The van der Waals surface area contributed by atoms with Crippen molar-refractivity contribution >= 4 is 53.9 Å². The molecular weight excluding hydrogens is 1650 g/mol. The lowest BCUT2D eigenvalue weighted by atomic mass is 9.46. The molecule has 12 atom stereocenters. The van der Waals surface area contributed by atoms with E-state index in [0.29, 0.717) is 23.7 Å². The number of hydrogen-bond acceptors (Lipinski definition) is 23. The van der Waals surface area contributed by atoms with Gasteiger partial charge in [-0.3, -0.25) is 38.4 Å². The second-order valence-electron chi connectivity index (χ2n) is 45.5. The zero-order valence-electron chi connectivity index (χ0n) is 86.2. The summed E-state index contributed by atoms with van der Waals surface area (Å²) in [6, 6.07) is 0. The van der Waals surface area contributed by atoms with Gasteiger partial charge < -0.3 is 66.3 Å². The lowest BCUT2D eigenvalue weighted by molar-refractivity contribution is -0.208. The van der Waals surface area contributed by atoms with Gasteiger partial charge in [0.2, 0.25) is 0 Å². The van der Waals surface area contributed by atoms with Crippen LogP contribution in [0.5, 0.6) is 0 Å². The third kappa shape index (κ3) is 33.4. The topological polar surface area (TPSA) is 283 Å². The molecule has 23 nitrogen and oxygen atoms in total. The third-order valence-corrected chi connectivity index (χ3v) is 32.7. The highest BCUT2D eigenvalue weighted by molar-refractivity contribution is 5.69. The summed E-state index contributed by atoms with van der Waals surface area (Å²) in [5.41, 5.74) is -1.44. The van der Waals surface area contributed by atoms with Crippen molar-refractivity contribution in [3.63, 3.8) is 0 Å². The molecule has 0 aromatic carbocycles. The molecule has 17 saturated carbocycles. The van der Waals surface area contributed by atoms with Gasteiger partial charge in [0.05, 0.1) is 7.11 Å². The molecule has 19 aliphatic rings. The number of carbonyl (C=O) groups is 9. The summed E-state index contributed by atoms with van der Waals surface area (Å²) < 4.78 is 72.6. The quantitative estimate of drug-likeness (QED) is 0.122. The highest BCUT2D eigenvalue weighted by Crippen LogP contribution is 2.67. The molecule has 130 heavy (non-hydrogen) atoms. The number of rotatable bonds is 13. The van der Waals surface area contributed by atoms with Gasteiger partial charge >= 0.3 is 53.9 Å². The predicted molar refractivity (Wildman–Crippen MR) is 503 cm³/mol. The zero-order valence-corrected chi connectivity index (χ0v) is 86.2. The molecule has 2 aliphatic heterocycles. The van der Waals surface area contributed by atoms with Crippen LogP contribution in [0.3, 0.4) is 0 Å². The number of esters is 8. The fourth-order valence-corrected chi connectivity index (χ4v) is 28.2. The van der Waals surface area contributed by atoms with E-state index in [9.17, 15) is 43.2 Å². The van der Waals surface area contributed by atoms with Crippen molar-refractivity contribution in [2.45, 2.75) is 498 Å². The van der Waals surface area contributed by atoms with Crippen LogP contribution in [-0.4, -0.2) is 151 Å². The van der Waals surface area contributed by atoms with Crippen LogP contribution in [0.1, 0.15) is 435 Å². The first kappa shape index (κ1) is 112. The lowest BCUT2D eigenvalue weighted by Gasteiger charge is -2.61. The van der Waals surface area contributed by atoms with Crippen molar-refractivity contribution in [1.82, 2.24) is 0 Å². The van der Waals surface area contributed by atoms with E-state index < -0.39 is 11.8 Å². The predicted octanol–water partition coefficient (Wildman–Crippen LogP) is 24.7. The molecular formula is C107H184O23. The van der Waals surface area contributed by atoms with Gasteiger partial charge in [0.25, 0.3) is 0 Å². The first-order chi connectivity index (χ1) is 61.0. The van der Waals surface area contributed by atoms with E-state index in [4.69, 9.17) is 61.6 Å². The number of ether oxygens (including phenoxy) is 14. The van der Waals surface area contributed by atoms with Crippen LogP contribution in [-0.2, 0) is 105 Å². The van der Waals surface area contributed by atoms with Crippen LogP contribution in [0.2, 0.25) is 0 Å². The molecule has 19 fully saturated rings. The van der Waals surface area contributed by atoms with Crippen molar-refractivity contribution in [1.29, 1.82) is 0 Å². The van der Waals surface area contributed by atoms with E-state index in [1.54, 1.807) is 62.7 Å². The van der Waals surface area contributed by atoms with Crippen LogP contribution < -0.4 is 0 Å². The summed E-state index contributed by atoms with van der Waals surface area (Å²) in [5, 5.41) is 0. The molecule has 23 heteroatoms. The first-order valence-electron chi connectivity index (χ1n) is 51.6. The van der Waals surface area contributed by atoms with Crippen molar-refractivity contribution in [2.24, 2.45) is 94.2 Å². The summed E-state index contributed by atoms with van der Waals surface area (Å²) in [6.07, 6.45) is 54.1. The monoisotopic (exact) mass is 1840 g/mol. The normalized spacial score (nSPS) is 34.7. The van der Waals surface area contributed by atoms with Crippen LogP contribution in [0, 0.1) is 94.2 Å². The fraction of sp³-hybridized carbons (Fsp3) is 0.916. The SMILES string of the molecule is CC(=O)OC(C)(C)C.CC(=O)OC(C)(C)C12CC3CC(CC(C3)C1)C2.CC(=O)OC1(C)CC2CC1C1CCCCC21.CC(=O)OC1(C)CCCC1.CC(=O)OC1(C)CCCCC1.CCC1(OC(C)=O)C2CC3CC(C2)CC1C3.CCC1(OC(C)=O)CC2CC1C1CCCCC21.CCC1(OC(C)=O)CCCC1.COC(=O)OC(C)(C)C.COC1CCCCO1.COC1CCCO1. The lowest BCUT2D eigenvalue weighted by Crippen LogP contribution is -2.59. The molecule has 750 valence electrons. The summed E-state index contributed by atoms with van der Waals surface area (Å²) in [4.78, 5) is 97.9. The number of methoxy groups -OCH3 is 3. The van der Waals surface area contributed by atoms with E-state index in [0.717, 1.165) is 168 Å². The van der Waals surface area contributed by atoms with Crippen molar-refractivity contribution in [3.05, 3.63) is 0 Å². The Balaban J connectivity index is 0.000000198. The molecule has 0 aromatic rings. The Labute approximate surface area is 785 Å². The molecule has 19 rings (SSSR count). The summed E-state index contributed by atoms with van der Waals surface area (Å²) in [7, 11) is 4.65. The molecule has 0 spiro atoms. The number of carbonyl (C=O) groups excluding carboxylic acids is 9. The van der Waals surface area contributed by atoms with Gasteiger partial charge in [-0.25, -0.2) is 4.79 Å². The summed E-state index contributed by atoms with van der Waals surface area (Å²) >= 11 is 0. The second-order valence-corrected chi connectivity index (χ2v) is 45.5. The molecule has 17 aliphatic carbocycles. The highest BCUT2D eigenvalue weighted by Gasteiger charge is 2.64.